The Bertz CT molecular complexity index is 817. The summed E-state index contributed by atoms with van der Waals surface area (Å²) in [6, 6.07) is 12.4. The molecule has 0 saturated carbocycles. The van der Waals surface area contributed by atoms with E-state index in [0.717, 1.165) is 0 Å². The van der Waals surface area contributed by atoms with E-state index in [1.807, 2.05) is 0 Å². The molecule has 0 fully saturated rings. The molecule has 0 radical (unpaired) electrons. The minimum absolute atomic E-state index is 0.0714. The van der Waals surface area contributed by atoms with Gasteiger partial charge in [-0.2, -0.15) is 0 Å². The average molecular weight is 322 g/mol. The molecule has 24 heavy (non-hydrogen) atoms. The molecular weight excluding hydrogens is 308 g/mol. The molecule has 0 bridgehead atoms. The third-order valence-corrected chi connectivity index (χ3v) is 3.65. The topological polar surface area (TPSA) is 95.5 Å². The first kappa shape index (κ1) is 15.6. The van der Waals surface area contributed by atoms with Gasteiger partial charge in [-0.3, -0.25) is 19.8 Å². The van der Waals surface area contributed by atoms with E-state index in [1.165, 1.54) is 30.3 Å². The SMILES string of the molecule is O=C(NNCC=C1C(=O)c2ccccc2C1=O)c1ccc(O)cc1. The minimum atomic E-state index is -0.388. The quantitative estimate of drug-likeness (QED) is 0.344. The molecule has 3 N–H and O–H groups in total. The fraction of sp³-hybridized carbons (Fsp3) is 0.0556. The first-order valence-electron chi connectivity index (χ1n) is 7.29. The maximum Gasteiger partial charge on any atom is 0.265 e. The second-order valence-corrected chi connectivity index (χ2v) is 5.20. The number of phenols is 1. The van der Waals surface area contributed by atoms with Crippen LogP contribution in [0.3, 0.4) is 0 Å². The molecule has 0 aromatic heterocycles. The van der Waals surface area contributed by atoms with Crippen LogP contribution in [0.4, 0.5) is 0 Å². The number of carbonyl (C=O) groups is 3. The van der Waals surface area contributed by atoms with Crippen LogP contribution in [0.1, 0.15) is 31.1 Å². The zero-order valence-corrected chi connectivity index (χ0v) is 12.6. The Hall–Kier alpha value is -3.25. The molecule has 3 rings (SSSR count). The van der Waals surface area contributed by atoms with Crippen molar-refractivity contribution < 1.29 is 19.5 Å². The highest BCUT2D eigenvalue weighted by Gasteiger charge is 2.32. The number of carbonyl (C=O) groups excluding carboxylic acids is 3. The zero-order valence-electron chi connectivity index (χ0n) is 12.6. The van der Waals surface area contributed by atoms with Crippen LogP contribution in [-0.4, -0.2) is 29.1 Å². The van der Waals surface area contributed by atoms with Crippen LogP contribution >= 0.6 is 0 Å². The van der Waals surface area contributed by atoms with E-state index in [4.69, 9.17) is 0 Å². The summed E-state index contributed by atoms with van der Waals surface area (Å²) in [7, 11) is 0. The molecule has 0 saturated heterocycles. The Morgan fingerprint density at radius 1 is 0.958 bits per heavy atom. The van der Waals surface area contributed by atoms with Crippen molar-refractivity contribution in [2.24, 2.45) is 0 Å². The summed E-state index contributed by atoms with van der Waals surface area (Å²) in [6.45, 7) is 0.130. The fourth-order valence-electron chi connectivity index (χ4n) is 2.43. The highest BCUT2D eigenvalue weighted by molar-refractivity contribution is 6.39. The van der Waals surface area contributed by atoms with E-state index in [2.05, 4.69) is 10.9 Å². The van der Waals surface area contributed by atoms with Gasteiger partial charge in [0.25, 0.3) is 5.91 Å². The van der Waals surface area contributed by atoms with Crippen LogP contribution in [0.5, 0.6) is 5.75 Å². The molecular formula is C18H14N2O4. The number of hydrogen-bond acceptors (Lipinski definition) is 5. The van der Waals surface area contributed by atoms with E-state index in [0.29, 0.717) is 16.7 Å². The number of ketones is 2. The maximum atomic E-state index is 12.2. The summed E-state index contributed by atoms with van der Waals surface area (Å²) in [6.07, 6.45) is 1.46. The molecule has 6 nitrogen and oxygen atoms in total. The number of hydrogen-bond donors (Lipinski definition) is 3. The van der Waals surface area contributed by atoms with Crippen LogP contribution < -0.4 is 10.9 Å². The number of Topliss-reactive ketones (excluding diaryl/α,β-unsaturated/α-hetero) is 2. The van der Waals surface area contributed by atoms with Crippen molar-refractivity contribution in [1.29, 1.82) is 0 Å². The third kappa shape index (κ3) is 2.95. The van der Waals surface area contributed by atoms with E-state index < -0.39 is 0 Å². The van der Waals surface area contributed by atoms with Crippen molar-refractivity contribution in [1.82, 2.24) is 10.9 Å². The summed E-state index contributed by atoms with van der Waals surface area (Å²) < 4.78 is 0. The predicted molar refractivity (Wildman–Crippen MR) is 86.8 cm³/mol. The number of hydrazine groups is 1. The van der Waals surface area contributed by atoms with Crippen LogP contribution in [0.2, 0.25) is 0 Å². The van der Waals surface area contributed by atoms with Crippen LogP contribution in [0, 0.1) is 0 Å². The Morgan fingerprint density at radius 3 is 2.12 bits per heavy atom. The van der Waals surface area contributed by atoms with Gasteiger partial charge in [0.15, 0.2) is 11.6 Å². The lowest BCUT2D eigenvalue weighted by Gasteiger charge is -2.05. The fourth-order valence-corrected chi connectivity index (χ4v) is 2.43. The second-order valence-electron chi connectivity index (χ2n) is 5.20. The van der Waals surface area contributed by atoms with E-state index in [1.54, 1.807) is 24.3 Å². The third-order valence-electron chi connectivity index (χ3n) is 3.65. The molecule has 2 aromatic carbocycles. The number of allylic oxidation sites excluding steroid dienone is 1. The second kappa shape index (κ2) is 6.47. The molecule has 0 heterocycles. The summed E-state index contributed by atoms with van der Waals surface area (Å²) in [4.78, 5) is 36.2. The van der Waals surface area contributed by atoms with Crippen molar-refractivity contribution in [2.45, 2.75) is 0 Å². The average Bonchev–Trinajstić information content (AvgIpc) is 2.84. The van der Waals surface area contributed by atoms with Crippen LogP contribution in [0.25, 0.3) is 0 Å². The number of fused-ring (bicyclic) bond motifs is 1. The number of aromatic hydroxyl groups is 1. The number of benzene rings is 2. The molecule has 2 aromatic rings. The highest BCUT2D eigenvalue weighted by atomic mass is 16.3. The van der Waals surface area contributed by atoms with E-state index in [9.17, 15) is 19.5 Å². The molecule has 0 unspecified atom stereocenters. The molecule has 0 aliphatic heterocycles. The maximum absolute atomic E-state index is 12.2. The normalized spacial score (nSPS) is 12.9. The number of amides is 1. The highest BCUT2D eigenvalue weighted by Crippen LogP contribution is 2.25. The Labute approximate surface area is 137 Å². The molecule has 1 aliphatic rings. The largest absolute Gasteiger partial charge is 0.508 e. The van der Waals surface area contributed by atoms with Gasteiger partial charge in [0.05, 0.1) is 5.57 Å². The first-order chi connectivity index (χ1) is 11.6. The van der Waals surface area contributed by atoms with Gasteiger partial charge >= 0.3 is 0 Å². The van der Waals surface area contributed by atoms with Gasteiger partial charge in [0, 0.05) is 23.2 Å². The van der Waals surface area contributed by atoms with Gasteiger partial charge < -0.3 is 5.11 Å². The lowest BCUT2D eigenvalue weighted by atomic mass is 10.1. The van der Waals surface area contributed by atoms with Crippen molar-refractivity contribution >= 4 is 17.5 Å². The van der Waals surface area contributed by atoms with Gasteiger partial charge in [-0.25, -0.2) is 5.43 Å². The number of nitrogens with one attached hydrogen (secondary N) is 2. The molecule has 6 heteroatoms. The summed E-state index contributed by atoms with van der Waals surface area (Å²) in [5, 5.41) is 9.18. The lowest BCUT2D eigenvalue weighted by molar-refractivity contribution is 0.0934. The van der Waals surface area contributed by atoms with Crippen molar-refractivity contribution in [3.8, 4) is 5.75 Å². The van der Waals surface area contributed by atoms with Crippen molar-refractivity contribution in [3.63, 3.8) is 0 Å². The number of phenolic OH excluding ortho intramolecular Hbond substituents is 1. The van der Waals surface area contributed by atoms with Crippen molar-refractivity contribution in [2.75, 3.05) is 6.54 Å². The van der Waals surface area contributed by atoms with Gasteiger partial charge in [-0.05, 0) is 24.3 Å². The minimum Gasteiger partial charge on any atom is -0.508 e. The standard InChI is InChI=1S/C18H14N2O4/c21-12-7-5-11(6-8-12)18(24)20-19-10-9-15-16(22)13-3-1-2-4-14(13)17(15)23/h1-9,19,21H,10H2,(H,20,24). The Kier molecular flexibility index (Phi) is 4.22. The van der Waals surface area contributed by atoms with E-state index >= 15 is 0 Å². The molecule has 0 atom stereocenters. The molecule has 0 spiro atoms. The van der Waals surface area contributed by atoms with Gasteiger partial charge in [0.1, 0.15) is 5.75 Å². The first-order valence-corrected chi connectivity index (χ1v) is 7.29. The lowest BCUT2D eigenvalue weighted by Crippen LogP contribution is -2.37. The van der Waals surface area contributed by atoms with Crippen molar-refractivity contribution in [3.05, 3.63) is 76.9 Å². The van der Waals surface area contributed by atoms with Gasteiger partial charge in [0.2, 0.25) is 0 Å². The summed E-state index contributed by atoms with van der Waals surface area (Å²) in [5.74, 6) is -0.924. The van der Waals surface area contributed by atoms with Crippen LogP contribution in [0.15, 0.2) is 60.2 Å². The summed E-state index contributed by atoms with van der Waals surface area (Å²) in [5.41, 5.74) is 6.38. The monoisotopic (exact) mass is 322 g/mol. The van der Waals surface area contributed by atoms with Gasteiger partial charge in [-0.1, -0.05) is 30.3 Å². The van der Waals surface area contributed by atoms with Gasteiger partial charge in [-0.15, -0.1) is 0 Å². The Balaban J connectivity index is 1.60. The van der Waals surface area contributed by atoms with Crippen LogP contribution in [-0.2, 0) is 0 Å². The Morgan fingerprint density at radius 2 is 1.54 bits per heavy atom. The van der Waals surface area contributed by atoms with E-state index in [-0.39, 0.29) is 35.3 Å². The predicted octanol–water partition coefficient (Wildman–Crippen LogP) is 1.63. The summed E-state index contributed by atoms with van der Waals surface area (Å²) >= 11 is 0. The number of rotatable bonds is 4. The molecule has 1 amide bonds. The smallest absolute Gasteiger partial charge is 0.265 e. The molecule has 1 aliphatic carbocycles. The molecule has 120 valence electrons. The zero-order chi connectivity index (χ0) is 17.1.